The quantitative estimate of drug-likeness (QED) is 0.625. The van der Waals surface area contributed by atoms with Gasteiger partial charge in [0.15, 0.2) is 0 Å². The molecule has 0 aliphatic rings. The number of amides is 1. The van der Waals surface area contributed by atoms with Crippen molar-refractivity contribution in [3.05, 3.63) is 35.9 Å². The van der Waals surface area contributed by atoms with Crippen molar-refractivity contribution in [2.45, 2.75) is 24.8 Å². The van der Waals surface area contributed by atoms with Gasteiger partial charge < -0.3 is 10.4 Å². The summed E-state index contributed by atoms with van der Waals surface area (Å²) in [6, 6.07) is 8.91. The summed E-state index contributed by atoms with van der Waals surface area (Å²) in [6.45, 7) is 1.35. The van der Waals surface area contributed by atoms with E-state index >= 15 is 0 Å². The van der Waals surface area contributed by atoms with Crippen LogP contribution in [0.25, 0.3) is 0 Å². The highest BCUT2D eigenvalue weighted by atomic mass is 35.5. The molecule has 0 aliphatic carbocycles. The molecule has 0 saturated heterocycles. The molecule has 2 N–H and O–H groups in total. The summed E-state index contributed by atoms with van der Waals surface area (Å²) in [6.07, 6.45) is 0.0200. The van der Waals surface area contributed by atoms with E-state index in [1.54, 1.807) is 24.3 Å². The molecule has 4 nitrogen and oxygen atoms in total. The second kappa shape index (κ2) is 5.68. The lowest BCUT2D eigenvalue weighted by molar-refractivity contribution is -0.137. The van der Waals surface area contributed by atoms with Crippen LogP contribution in [0, 0.1) is 0 Å². The fourth-order valence-corrected chi connectivity index (χ4v) is 1.89. The molecule has 0 bridgehead atoms. The lowest BCUT2D eigenvalue weighted by Gasteiger charge is -2.27. The first-order valence-corrected chi connectivity index (χ1v) is 5.57. The van der Waals surface area contributed by atoms with Crippen LogP contribution >= 0.6 is 11.6 Å². The van der Waals surface area contributed by atoms with Crippen molar-refractivity contribution >= 4 is 23.5 Å². The summed E-state index contributed by atoms with van der Waals surface area (Å²) >= 11 is 6.31. The Balaban J connectivity index is 2.93. The van der Waals surface area contributed by atoms with Crippen LogP contribution in [0.1, 0.15) is 25.3 Å². The third kappa shape index (κ3) is 4.07. The second-order valence-electron chi connectivity index (χ2n) is 3.74. The first kappa shape index (κ1) is 13.5. The topological polar surface area (TPSA) is 66.4 Å². The monoisotopic (exact) mass is 255 g/mol. The minimum atomic E-state index is -1.16. The van der Waals surface area contributed by atoms with Gasteiger partial charge >= 0.3 is 5.97 Å². The highest BCUT2D eigenvalue weighted by Gasteiger charge is 2.30. The van der Waals surface area contributed by atoms with Crippen molar-refractivity contribution in [1.29, 1.82) is 0 Å². The number of benzene rings is 1. The number of alkyl halides is 1. The molecule has 0 aromatic heterocycles. The Hall–Kier alpha value is -1.55. The number of nitrogens with one attached hydrogen (secondary N) is 1. The van der Waals surface area contributed by atoms with Gasteiger partial charge in [0, 0.05) is 13.3 Å². The highest BCUT2D eigenvalue weighted by Crippen LogP contribution is 2.31. The molecule has 1 unspecified atom stereocenters. The van der Waals surface area contributed by atoms with Gasteiger partial charge in [0.1, 0.15) is 5.00 Å². The van der Waals surface area contributed by atoms with Crippen molar-refractivity contribution in [2.75, 3.05) is 0 Å². The van der Waals surface area contributed by atoms with Crippen molar-refractivity contribution in [1.82, 2.24) is 5.32 Å². The molecule has 1 rings (SSSR count). The number of aliphatic carboxylic acids is 1. The van der Waals surface area contributed by atoms with E-state index in [0.29, 0.717) is 5.56 Å². The van der Waals surface area contributed by atoms with Crippen molar-refractivity contribution in [2.24, 2.45) is 0 Å². The zero-order valence-corrected chi connectivity index (χ0v) is 10.2. The van der Waals surface area contributed by atoms with Crippen LogP contribution in [0.5, 0.6) is 0 Å². The molecule has 1 atom stereocenters. The van der Waals surface area contributed by atoms with Crippen molar-refractivity contribution < 1.29 is 14.7 Å². The summed E-state index contributed by atoms with van der Waals surface area (Å²) in [7, 11) is 0. The summed E-state index contributed by atoms with van der Waals surface area (Å²) < 4.78 is 0. The van der Waals surface area contributed by atoms with Gasteiger partial charge in [-0.1, -0.05) is 41.9 Å². The third-order valence-corrected chi connectivity index (χ3v) is 2.79. The van der Waals surface area contributed by atoms with Crippen LogP contribution < -0.4 is 5.32 Å². The van der Waals surface area contributed by atoms with Gasteiger partial charge in [-0.3, -0.25) is 9.59 Å². The molecule has 1 aromatic carbocycles. The zero-order chi connectivity index (χ0) is 12.9. The number of carboxylic acids is 1. The molecular formula is C12H14ClNO3. The molecule has 1 aromatic rings. The molecule has 17 heavy (non-hydrogen) atoms. The molecule has 1 amide bonds. The Labute approximate surface area is 105 Å². The van der Waals surface area contributed by atoms with Gasteiger partial charge in [0.25, 0.3) is 0 Å². The molecule has 5 heteroatoms. The van der Waals surface area contributed by atoms with E-state index in [-0.39, 0.29) is 18.7 Å². The zero-order valence-electron chi connectivity index (χ0n) is 9.44. The standard InChI is InChI=1S/C12H14ClNO3/c1-9(15)14-12(13,8-7-11(16)17)10-5-3-2-4-6-10/h2-6H,7-8H2,1H3,(H,14,15)(H,16,17). The molecule has 0 fully saturated rings. The first-order valence-electron chi connectivity index (χ1n) is 5.19. The molecule has 92 valence electrons. The van der Waals surface area contributed by atoms with Gasteiger partial charge in [-0.25, -0.2) is 0 Å². The van der Waals surface area contributed by atoms with Crippen LogP contribution in [-0.2, 0) is 14.6 Å². The Kier molecular flexibility index (Phi) is 4.52. The second-order valence-corrected chi connectivity index (χ2v) is 4.39. The smallest absolute Gasteiger partial charge is 0.303 e. The van der Waals surface area contributed by atoms with Crippen LogP contribution in [-0.4, -0.2) is 17.0 Å². The maximum Gasteiger partial charge on any atom is 0.303 e. The maximum atomic E-state index is 11.1. The Morgan fingerprint density at radius 1 is 1.35 bits per heavy atom. The van der Waals surface area contributed by atoms with E-state index in [1.165, 1.54) is 6.92 Å². The predicted octanol–water partition coefficient (Wildman–Crippen LogP) is 2.08. The Morgan fingerprint density at radius 2 is 1.94 bits per heavy atom. The number of hydrogen-bond donors (Lipinski definition) is 2. The van der Waals surface area contributed by atoms with E-state index in [1.807, 2.05) is 6.07 Å². The van der Waals surface area contributed by atoms with Crippen molar-refractivity contribution in [3.63, 3.8) is 0 Å². The molecule has 0 radical (unpaired) electrons. The Morgan fingerprint density at radius 3 is 2.41 bits per heavy atom. The number of hydrogen-bond acceptors (Lipinski definition) is 2. The van der Waals surface area contributed by atoms with E-state index in [9.17, 15) is 9.59 Å². The molecule has 0 spiro atoms. The van der Waals surface area contributed by atoms with E-state index in [2.05, 4.69) is 5.32 Å². The molecular weight excluding hydrogens is 242 g/mol. The highest BCUT2D eigenvalue weighted by molar-refractivity contribution is 6.24. The predicted molar refractivity (Wildman–Crippen MR) is 64.7 cm³/mol. The molecule has 0 aliphatic heterocycles. The number of carbonyl (C=O) groups excluding carboxylic acids is 1. The van der Waals surface area contributed by atoms with E-state index in [4.69, 9.17) is 16.7 Å². The SMILES string of the molecule is CC(=O)NC(Cl)(CCC(=O)O)c1ccccc1. The lowest BCUT2D eigenvalue weighted by atomic mass is 10.0. The summed E-state index contributed by atoms with van der Waals surface area (Å²) in [4.78, 5) is 20.6. The summed E-state index contributed by atoms with van der Waals surface area (Å²) in [5.41, 5.74) is 0.679. The number of halogens is 1. The Bertz CT molecular complexity index is 407. The van der Waals surface area contributed by atoms with E-state index < -0.39 is 11.0 Å². The van der Waals surface area contributed by atoms with Gasteiger partial charge in [-0.2, -0.15) is 0 Å². The molecule has 0 heterocycles. The largest absolute Gasteiger partial charge is 0.481 e. The third-order valence-electron chi connectivity index (χ3n) is 2.29. The fraction of sp³-hybridized carbons (Fsp3) is 0.333. The van der Waals surface area contributed by atoms with Crippen LogP contribution in [0.3, 0.4) is 0 Å². The van der Waals surface area contributed by atoms with Crippen LogP contribution in [0.2, 0.25) is 0 Å². The van der Waals surface area contributed by atoms with Gasteiger partial charge in [0.2, 0.25) is 5.91 Å². The van der Waals surface area contributed by atoms with Gasteiger partial charge in [-0.15, -0.1) is 0 Å². The normalized spacial score (nSPS) is 13.8. The maximum absolute atomic E-state index is 11.1. The van der Waals surface area contributed by atoms with Gasteiger partial charge in [0.05, 0.1) is 0 Å². The van der Waals surface area contributed by atoms with E-state index in [0.717, 1.165) is 0 Å². The minimum absolute atomic E-state index is 0.112. The summed E-state index contributed by atoms with van der Waals surface area (Å²) in [5, 5.41) is 11.3. The van der Waals surface area contributed by atoms with Gasteiger partial charge in [-0.05, 0) is 12.0 Å². The number of carbonyl (C=O) groups is 2. The first-order chi connectivity index (χ1) is 7.94. The molecule has 0 saturated carbocycles. The van der Waals surface area contributed by atoms with Crippen molar-refractivity contribution in [3.8, 4) is 0 Å². The minimum Gasteiger partial charge on any atom is -0.481 e. The van der Waals surface area contributed by atoms with Crippen LogP contribution in [0.4, 0.5) is 0 Å². The average molecular weight is 256 g/mol. The lowest BCUT2D eigenvalue weighted by Crippen LogP contribution is -2.40. The van der Waals surface area contributed by atoms with Crippen LogP contribution in [0.15, 0.2) is 30.3 Å². The summed E-state index contributed by atoms with van der Waals surface area (Å²) in [5.74, 6) is -1.24. The number of carboxylic acid groups (broad SMARTS) is 1. The number of rotatable bonds is 5. The fourth-order valence-electron chi connectivity index (χ4n) is 1.54. The average Bonchev–Trinajstić information content (AvgIpc) is 2.27.